The number of hydrogen-bond donors (Lipinski definition) is 0. The molecule has 0 amide bonds. The minimum absolute atomic E-state index is 0.193. The van der Waals surface area contributed by atoms with Crippen LogP contribution in [-0.2, 0) is 0 Å². The summed E-state index contributed by atoms with van der Waals surface area (Å²) >= 11 is 1.51. The summed E-state index contributed by atoms with van der Waals surface area (Å²) in [6.45, 7) is 8.30. The van der Waals surface area contributed by atoms with Crippen LogP contribution in [0.4, 0.5) is 0 Å². The van der Waals surface area contributed by atoms with Crippen LogP contribution in [0.25, 0.3) is 10.8 Å². The standard InChI is InChI=1S/C23H27N3O2S/c1-14-19-11-20(24-12-18(19)5-6-22(14)28-4)17-7-9-26(10-8-17)13-21(27)23-15(2)25-16(3)29-23/h5-6,11-12,17H,7-10,13H2,1-4H3. The molecule has 0 N–H and O–H groups in total. The third kappa shape index (κ3) is 4.05. The minimum Gasteiger partial charge on any atom is -0.496 e. The number of thiazole rings is 1. The fourth-order valence-corrected chi connectivity index (χ4v) is 5.11. The van der Waals surface area contributed by atoms with Gasteiger partial charge in [0.15, 0.2) is 5.78 Å². The Kier molecular flexibility index (Phi) is 5.65. The van der Waals surface area contributed by atoms with Gasteiger partial charge in [0.1, 0.15) is 5.75 Å². The molecule has 0 radical (unpaired) electrons. The number of fused-ring (bicyclic) bond motifs is 1. The normalized spacial score (nSPS) is 15.7. The van der Waals surface area contributed by atoms with E-state index in [-0.39, 0.29) is 5.78 Å². The molecule has 1 aromatic carbocycles. The van der Waals surface area contributed by atoms with Gasteiger partial charge in [0.05, 0.1) is 29.2 Å². The highest BCUT2D eigenvalue weighted by molar-refractivity contribution is 7.13. The predicted octanol–water partition coefficient (Wildman–Crippen LogP) is 4.69. The Labute approximate surface area is 175 Å². The number of piperidine rings is 1. The maximum absolute atomic E-state index is 12.6. The summed E-state index contributed by atoms with van der Waals surface area (Å²) in [6.07, 6.45) is 4.02. The number of likely N-dealkylation sites (tertiary alicyclic amines) is 1. The van der Waals surface area contributed by atoms with Crippen molar-refractivity contribution in [2.24, 2.45) is 0 Å². The molecule has 0 unspecified atom stereocenters. The number of carbonyl (C=O) groups is 1. The van der Waals surface area contributed by atoms with Gasteiger partial charge in [-0.15, -0.1) is 11.3 Å². The smallest absolute Gasteiger partial charge is 0.188 e. The zero-order valence-corrected chi connectivity index (χ0v) is 18.3. The lowest BCUT2D eigenvalue weighted by molar-refractivity contribution is 0.0912. The molecule has 0 aliphatic carbocycles. The lowest BCUT2D eigenvalue weighted by Gasteiger charge is -2.31. The lowest BCUT2D eigenvalue weighted by Crippen LogP contribution is -2.37. The zero-order valence-electron chi connectivity index (χ0n) is 17.5. The fraction of sp³-hybridized carbons (Fsp3) is 0.435. The second-order valence-corrected chi connectivity index (χ2v) is 9.05. The van der Waals surface area contributed by atoms with Gasteiger partial charge >= 0.3 is 0 Å². The fourth-order valence-electron chi connectivity index (χ4n) is 4.26. The topological polar surface area (TPSA) is 55.3 Å². The lowest BCUT2D eigenvalue weighted by atomic mass is 9.91. The Hall–Kier alpha value is -2.31. The van der Waals surface area contributed by atoms with Crippen molar-refractivity contribution in [1.82, 2.24) is 14.9 Å². The van der Waals surface area contributed by atoms with E-state index in [0.717, 1.165) is 63.9 Å². The van der Waals surface area contributed by atoms with E-state index in [1.807, 2.05) is 26.1 Å². The molecule has 1 fully saturated rings. The van der Waals surface area contributed by atoms with Crippen molar-refractivity contribution < 1.29 is 9.53 Å². The van der Waals surface area contributed by atoms with E-state index < -0.39 is 0 Å². The number of ketones is 1. The Morgan fingerprint density at radius 2 is 2.00 bits per heavy atom. The van der Waals surface area contributed by atoms with Crippen LogP contribution in [0.3, 0.4) is 0 Å². The van der Waals surface area contributed by atoms with Crippen molar-refractivity contribution in [1.29, 1.82) is 0 Å². The van der Waals surface area contributed by atoms with Crippen molar-refractivity contribution in [3.05, 3.63) is 51.2 Å². The molecule has 4 rings (SSSR count). The number of aromatic nitrogens is 2. The first-order valence-electron chi connectivity index (χ1n) is 10.1. The van der Waals surface area contributed by atoms with Gasteiger partial charge in [0, 0.05) is 23.2 Å². The highest BCUT2D eigenvalue weighted by atomic mass is 32.1. The molecule has 5 nitrogen and oxygen atoms in total. The van der Waals surface area contributed by atoms with Crippen LogP contribution in [0, 0.1) is 20.8 Å². The van der Waals surface area contributed by atoms with Gasteiger partial charge < -0.3 is 4.74 Å². The van der Waals surface area contributed by atoms with Crippen LogP contribution in [0.2, 0.25) is 0 Å². The van der Waals surface area contributed by atoms with Gasteiger partial charge in [0.2, 0.25) is 0 Å². The van der Waals surface area contributed by atoms with Crippen LogP contribution in [0.5, 0.6) is 5.75 Å². The predicted molar refractivity (Wildman–Crippen MR) is 117 cm³/mol. The van der Waals surface area contributed by atoms with Crippen molar-refractivity contribution in [3.8, 4) is 5.75 Å². The highest BCUT2D eigenvalue weighted by Gasteiger charge is 2.25. The van der Waals surface area contributed by atoms with E-state index in [1.165, 1.54) is 16.7 Å². The monoisotopic (exact) mass is 409 g/mol. The molecular formula is C23H27N3O2S. The number of rotatable bonds is 5. The van der Waals surface area contributed by atoms with Crippen molar-refractivity contribution in [2.75, 3.05) is 26.7 Å². The SMILES string of the molecule is COc1ccc2cnc(C3CCN(CC(=O)c4sc(C)nc4C)CC3)cc2c1C. The Morgan fingerprint density at radius 1 is 1.24 bits per heavy atom. The average molecular weight is 410 g/mol. The van der Waals surface area contributed by atoms with Crippen LogP contribution in [-0.4, -0.2) is 47.4 Å². The number of nitrogens with zero attached hydrogens (tertiary/aromatic N) is 3. The molecule has 29 heavy (non-hydrogen) atoms. The summed E-state index contributed by atoms with van der Waals surface area (Å²) in [5.41, 5.74) is 3.17. The van der Waals surface area contributed by atoms with E-state index in [1.54, 1.807) is 7.11 Å². The number of carbonyl (C=O) groups excluding carboxylic acids is 1. The van der Waals surface area contributed by atoms with Crippen LogP contribution < -0.4 is 4.74 Å². The third-order valence-electron chi connectivity index (χ3n) is 5.89. The summed E-state index contributed by atoms with van der Waals surface area (Å²) in [6, 6.07) is 6.29. The Bertz CT molecular complexity index is 1050. The van der Waals surface area contributed by atoms with Crippen molar-refractivity contribution in [2.45, 2.75) is 39.5 Å². The van der Waals surface area contributed by atoms with E-state index in [4.69, 9.17) is 9.72 Å². The van der Waals surface area contributed by atoms with Crippen molar-refractivity contribution >= 4 is 27.9 Å². The molecule has 1 saturated heterocycles. The van der Waals surface area contributed by atoms with Gasteiger partial charge in [-0.2, -0.15) is 0 Å². The number of aryl methyl sites for hydroxylation is 3. The van der Waals surface area contributed by atoms with E-state index >= 15 is 0 Å². The molecule has 0 spiro atoms. The molecule has 6 heteroatoms. The van der Waals surface area contributed by atoms with E-state index in [0.29, 0.717) is 12.5 Å². The number of ether oxygens (including phenoxy) is 1. The summed E-state index contributed by atoms with van der Waals surface area (Å²) < 4.78 is 5.47. The van der Waals surface area contributed by atoms with Crippen LogP contribution >= 0.6 is 11.3 Å². The quantitative estimate of drug-likeness (QED) is 0.572. The van der Waals surface area contributed by atoms with Crippen LogP contribution in [0.1, 0.15) is 50.4 Å². The average Bonchev–Trinajstić information content (AvgIpc) is 3.07. The number of methoxy groups -OCH3 is 1. The summed E-state index contributed by atoms with van der Waals surface area (Å²) in [7, 11) is 1.71. The molecule has 1 aliphatic rings. The molecule has 0 bridgehead atoms. The van der Waals surface area contributed by atoms with Crippen molar-refractivity contribution in [3.63, 3.8) is 0 Å². The maximum Gasteiger partial charge on any atom is 0.188 e. The van der Waals surface area contributed by atoms with E-state index in [2.05, 4.69) is 28.9 Å². The second kappa shape index (κ2) is 8.20. The van der Waals surface area contributed by atoms with Gasteiger partial charge in [-0.3, -0.25) is 14.7 Å². The highest BCUT2D eigenvalue weighted by Crippen LogP contribution is 2.32. The maximum atomic E-state index is 12.6. The third-order valence-corrected chi connectivity index (χ3v) is 7.01. The molecule has 0 saturated carbocycles. The Morgan fingerprint density at radius 3 is 2.66 bits per heavy atom. The molecule has 2 aromatic heterocycles. The second-order valence-electron chi connectivity index (χ2n) is 7.84. The number of benzene rings is 1. The largest absolute Gasteiger partial charge is 0.496 e. The Balaban J connectivity index is 1.43. The molecule has 1 aliphatic heterocycles. The van der Waals surface area contributed by atoms with Gasteiger partial charge in [-0.1, -0.05) is 0 Å². The minimum atomic E-state index is 0.193. The number of hydrogen-bond acceptors (Lipinski definition) is 6. The first-order chi connectivity index (χ1) is 14.0. The van der Waals surface area contributed by atoms with Gasteiger partial charge in [0.25, 0.3) is 0 Å². The van der Waals surface area contributed by atoms with Gasteiger partial charge in [-0.25, -0.2) is 4.98 Å². The first-order valence-corrected chi connectivity index (χ1v) is 10.9. The van der Waals surface area contributed by atoms with E-state index in [9.17, 15) is 4.79 Å². The molecule has 0 atom stereocenters. The summed E-state index contributed by atoms with van der Waals surface area (Å²) in [5, 5.41) is 3.31. The zero-order chi connectivity index (χ0) is 20.5. The summed E-state index contributed by atoms with van der Waals surface area (Å²) in [5.74, 6) is 1.54. The molecule has 3 heterocycles. The summed E-state index contributed by atoms with van der Waals surface area (Å²) in [4.78, 5) is 24.8. The first kappa shape index (κ1) is 20.0. The van der Waals surface area contributed by atoms with Crippen LogP contribution in [0.15, 0.2) is 24.4 Å². The molecular weight excluding hydrogens is 382 g/mol. The molecule has 152 valence electrons. The molecule has 3 aromatic rings. The number of Topliss-reactive ketones (excluding diaryl/α,β-unsaturated/α-hetero) is 1. The number of pyridine rings is 1. The van der Waals surface area contributed by atoms with Gasteiger partial charge in [-0.05, 0) is 75.9 Å².